The van der Waals surface area contributed by atoms with Crippen molar-refractivity contribution in [3.63, 3.8) is 0 Å². The van der Waals surface area contributed by atoms with E-state index in [-0.39, 0.29) is 5.91 Å². The summed E-state index contributed by atoms with van der Waals surface area (Å²) in [5.41, 5.74) is 6.78. The molecule has 14 heavy (non-hydrogen) atoms. The van der Waals surface area contributed by atoms with Crippen molar-refractivity contribution < 1.29 is 4.79 Å². The minimum atomic E-state index is -0.376. The molecule has 0 unspecified atom stereocenters. The molecule has 0 saturated heterocycles. The van der Waals surface area contributed by atoms with E-state index in [0.29, 0.717) is 11.5 Å². The molecule has 76 valence electrons. The minimum absolute atomic E-state index is 0.376. The number of nitrogens with two attached hydrogens (primary N) is 1. The Morgan fingerprint density at radius 3 is 2.79 bits per heavy atom. The second-order valence-electron chi connectivity index (χ2n) is 3.90. The Morgan fingerprint density at radius 2 is 2.14 bits per heavy atom. The molecule has 4 nitrogen and oxygen atoms in total. The van der Waals surface area contributed by atoms with Gasteiger partial charge in [0.15, 0.2) is 0 Å². The lowest BCUT2D eigenvalue weighted by atomic mass is 9.85. The number of rotatable bonds is 2. The summed E-state index contributed by atoms with van der Waals surface area (Å²) >= 11 is 0. The minimum Gasteiger partial charge on any atom is -0.365 e. The average molecular weight is 193 g/mol. The summed E-state index contributed by atoms with van der Waals surface area (Å²) < 4.78 is 0. The van der Waals surface area contributed by atoms with E-state index in [1.807, 2.05) is 0 Å². The lowest BCUT2D eigenvalue weighted by molar-refractivity contribution is 0.0998. The summed E-state index contributed by atoms with van der Waals surface area (Å²) in [4.78, 5) is 11.1. The molecule has 0 atom stereocenters. The highest BCUT2D eigenvalue weighted by atomic mass is 16.1. The Morgan fingerprint density at radius 1 is 1.43 bits per heavy atom. The Labute approximate surface area is 82.9 Å². The van der Waals surface area contributed by atoms with E-state index in [4.69, 9.17) is 5.73 Å². The number of hydrogen-bond acceptors (Lipinski definition) is 2. The third kappa shape index (κ3) is 1.64. The lowest BCUT2D eigenvalue weighted by Crippen LogP contribution is -2.15. The monoisotopic (exact) mass is 193 g/mol. The normalized spacial score (nSPS) is 18.3. The van der Waals surface area contributed by atoms with Crippen LogP contribution in [0.15, 0.2) is 6.20 Å². The number of nitrogens with one attached hydrogen (secondary N) is 1. The SMILES string of the molecule is NC(=O)c1cn[nH]c1C1CCCCC1. The number of aromatic amines is 1. The van der Waals surface area contributed by atoms with Crippen molar-refractivity contribution in [1.29, 1.82) is 0 Å². The van der Waals surface area contributed by atoms with Crippen LogP contribution >= 0.6 is 0 Å². The van der Waals surface area contributed by atoms with E-state index in [9.17, 15) is 4.79 Å². The van der Waals surface area contributed by atoms with Crippen LogP contribution in [-0.4, -0.2) is 16.1 Å². The average Bonchev–Trinajstić information content (AvgIpc) is 2.67. The van der Waals surface area contributed by atoms with Gasteiger partial charge in [0.1, 0.15) is 0 Å². The maximum atomic E-state index is 11.1. The van der Waals surface area contributed by atoms with Crippen molar-refractivity contribution in [2.45, 2.75) is 38.0 Å². The van der Waals surface area contributed by atoms with E-state index in [0.717, 1.165) is 18.5 Å². The maximum Gasteiger partial charge on any atom is 0.252 e. The number of H-pyrrole nitrogens is 1. The van der Waals surface area contributed by atoms with Crippen LogP contribution in [0.3, 0.4) is 0 Å². The highest BCUT2D eigenvalue weighted by Gasteiger charge is 2.21. The van der Waals surface area contributed by atoms with Gasteiger partial charge in [-0.1, -0.05) is 19.3 Å². The van der Waals surface area contributed by atoms with Gasteiger partial charge in [-0.2, -0.15) is 5.10 Å². The van der Waals surface area contributed by atoms with E-state index in [1.165, 1.54) is 25.5 Å². The Bertz CT molecular complexity index is 326. The second-order valence-corrected chi connectivity index (χ2v) is 3.90. The van der Waals surface area contributed by atoms with Gasteiger partial charge in [0.25, 0.3) is 5.91 Å². The van der Waals surface area contributed by atoms with Crippen LogP contribution in [0.5, 0.6) is 0 Å². The van der Waals surface area contributed by atoms with Crippen LogP contribution in [0, 0.1) is 0 Å². The molecule has 1 aromatic rings. The number of amides is 1. The molecule has 1 heterocycles. The number of carbonyl (C=O) groups is 1. The predicted molar refractivity (Wildman–Crippen MR) is 52.9 cm³/mol. The van der Waals surface area contributed by atoms with Crippen LogP contribution in [0.25, 0.3) is 0 Å². The Hall–Kier alpha value is -1.32. The molecule has 1 aromatic heterocycles. The van der Waals surface area contributed by atoms with Crippen molar-refractivity contribution in [2.75, 3.05) is 0 Å². The standard InChI is InChI=1S/C10H15N3O/c11-10(14)8-6-12-13-9(8)7-4-2-1-3-5-7/h6-7H,1-5H2,(H2,11,14)(H,12,13). The zero-order valence-electron chi connectivity index (χ0n) is 8.12. The van der Waals surface area contributed by atoms with Crippen molar-refractivity contribution in [3.8, 4) is 0 Å². The van der Waals surface area contributed by atoms with Gasteiger partial charge in [-0.25, -0.2) is 0 Å². The molecule has 0 aromatic carbocycles. The van der Waals surface area contributed by atoms with Gasteiger partial charge >= 0.3 is 0 Å². The highest BCUT2D eigenvalue weighted by Crippen LogP contribution is 2.32. The van der Waals surface area contributed by atoms with Crippen LogP contribution < -0.4 is 5.73 Å². The predicted octanol–water partition coefficient (Wildman–Crippen LogP) is 1.56. The molecule has 1 saturated carbocycles. The summed E-state index contributed by atoms with van der Waals surface area (Å²) in [5, 5.41) is 6.80. The fourth-order valence-corrected chi connectivity index (χ4v) is 2.19. The first kappa shape index (κ1) is 9.24. The number of aromatic nitrogens is 2. The summed E-state index contributed by atoms with van der Waals surface area (Å²) in [6.07, 6.45) is 7.59. The summed E-state index contributed by atoms with van der Waals surface area (Å²) in [6, 6.07) is 0. The molecule has 3 N–H and O–H groups in total. The molecule has 0 spiro atoms. The van der Waals surface area contributed by atoms with Crippen molar-refractivity contribution in [1.82, 2.24) is 10.2 Å². The topological polar surface area (TPSA) is 71.8 Å². The highest BCUT2D eigenvalue weighted by molar-refractivity contribution is 5.93. The number of hydrogen-bond donors (Lipinski definition) is 2. The zero-order valence-corrected chi connectivity index (χ0v) is 8.12. The number of primary amides is 1. The van der Waals surface area contributed by atoms with E-state index in [1.54, 1.807) is 0 Å². The summed E-state index contributed by atoms with van der Waals surface area (Å²) in [7, 11) is 0. The smallest absolute Gasteiger partial charge is 0.252 e. The van der Waals surface area contributed by atoms with Gasteiger partial charge in [0.2, 0.25) is 0 Å². The van der Waals surface area contributed by atoms with Crippen LogP contribution in [0.1, 0.15) is 54.1 Å². The molecule has 0 bridgehead atoms. The van der Waals surface area contributed by atoms with Gasteiger partial charge in [-0.15, -0.1) is 0 Å². The molecule has 4 heteroatoms. The first-order valence-corrected chi connectivity index (χ1v) is 5.12. The third-order valence-corrected chi connectivity index (χ3v) is 2.95. The molecule has 1 fully saturated rings. The van der Waals surface area contributed by atoms with Gasteiger partial charge < -0.3 is 5.73 Å². The van der Waals surface area contributed by atoms with E-state index in [2.05, 4.69) is 10.2 Å². The molecule has 1 amide bonds. The largest absolute Gasteiger partial charge is 0.365 e. The maximum absolute atomic E-state index is 11.1. The van der Waals surface area contributed by atoms with E-state index < -0.39 is 0 Å². The molecule has 0 radical (unpaired) electrons. The van der Waals surface area contributed by atoms with Crippen LogP contribution in [-0.2, 0) is 0 Å². The molecule has 1 aliphatic rings. The summed E-state index contributed by atoms with van der Waals surface area (Å²) in [6.45, 7) is 0. The van der Waals surface area contributed by atoms with Crippen molar-refractivity contribution in [3.05, 3.63) is 17.5 Å². The number of nitrogens with zero attached hydrogens (tertiary/aromatic N) is 1. The van der Waals surface area contributed by atoms with Crippen molar-refractivity contribution in [2.24, 2.45) is 5.73 Å². The molecular formula is C10H15N3O. The van der Waals surface area contributed by atoms with Crippen LogP contribution in [0.4, 0.5) is 0 Å². The molecule has 0 aliphatic heterocycles. The fraction of sp³-hybridized carbons (Fsp3) is 0.600. The lowest BCUT2D eigenvalue weighted by Gasteiger charge is -2.20. The first-order chi connectivity index (χ1) is 6.79. The Balaban J connectivity index is 2.21. The third-order valence-electron chi connectivity index (χ3n) is 2.95. The zero-order chi connectivity index (χ0) is 9.97. The van der Waals surface area contributed by atoms with Gasteiger partial charge in [0.05, 0.1) is 17.5 Å². The molecule has 1 aliphatic carbocycles. The van der Waals surface area contributed by atoms with Crippen molar-refractivity contribution >= 4 is 5.91 Å². The number of carbonyl (C=O) groups excluding carboxylic acids is 1. The van der Waals surface area contributed by atoms with Crippen LogP contribution in [0.2, 0.25) is 0 Å². The van der Waals surface area contributed by atoms with Gasteiger partial charge in [-0.05, 0) is 12.8 Å². The van der Waals surface area contributed by atoms with Gasteiger partial charge in [0, 0.05) is 5.92 Å². The molecular weight excluding hydrogens is 178 g/mol. The van der Waals surface area contributed by atoms with E-state index >= 15 is 0 Å². The quantitative estimate of drug-likeness (QED) is 0.748. The first-order valence-electron chi connectivity index (χ1n) is 5.12. The second kappa shape index (κ2) is 3.82. The van der Waals surface area contributed by atoms with Gasteiger partial charge in [-0.3, -0.25) is 9.89 Å². The fourth-order valence-electron chi connectivity index (χ4n) is 2.19. The Kier molecular flexibility index (Phi) is 2.52. The summed E-state index contributed by atoms with van der Waals surface area (Å²) in [5.74, 6) is 0.0769. The molecule has 2 rings (SSSR count).